The van der Waals surface area contributed by atoms with Crippen molar-refractivity contribution in [2.75, 3.05) is 0 Å². The molecule has 106 valence electrons. The van der Waals surface area contributed by atoms with Gasteiger partial charge in [0.15, 0.2) is 4.34 Å². The molecule has 1 N–H and O–H groups in total. The lowest BCUT2D eigenvalue weighted by molar-refractivity contribution is -0.136. The molecule has 3 nitrogen and oxygen atoms in total. The minimum Gasteiger partial charge on any atom is -0.481 e. The fourth-order valence-electron chi connectivity index (χ4n) is 1.56. The fourth-order valence-corrected chi connectivity index (χ4v) is 3.95. The number of aromatic nitrogens is 1. The van der Waals surface area contributed by atoms with Gasteiger partial charge in [-0.3, -0.25) is 4.79 Å². The second-order valence-electron chi connectivity index (χ2n) is 4.08. The van der Waals surface area contributed by atoms with Crippen molar-refractivity contribution >= 4 is 40.7 Å². The van der Waals surface area contributed by atoms with Gasteiger partial charge in [-0.15, -0.1) is 11.3 Å². The van der Waals surface area contributed by atoms with Gasteiger partial charge >= 0.3 is 5.97 Å². The summed E-state index contributed by atoms with van der Waals surface area (Å²) in [5.41, 5.74) is 1.22. The van der Waals surface area contributed by atoms with Crippen LogP contribution >= 0.6 is 34.7 Å². The number of hydrogen-bond acceptors (Lipinski definition) is 4. The normalized spacial score (nSPS) is 10.8. The van der Waals surface area contributed by atoms with Crippen molar-refractivity contribution in [2.45, 2.75) is 23.4 Å². The van der Waals surface area contributed by atoms with Gasteiger partial charge in [0, 0.05) is 15.7 Å². The number of thiazole rings is 1. The summed E-state index contributed by atoms with van der Waals surface area (Å²) in [6.45, 7) is 1.78. The van der Waals surface area contributed by atoms with E-state index in [4.69, 9.17) is 16.7 Å². The van der Waals surface area contributed by atoms with Crippen LogP contribution in [0.5, 0.6) is 0 Å². The molecule has 1 aromatic carbocycles. The SMILES string of the molecule is Cc1nc(SCc2cc(Cl)ccc2F)sc1CC(=O)O. The van der Waals surface area contributed by atoms with Crippen molar-refractivity contribution in [3.05, 3.63) is 45.2 Å². The van der Waals surface area contributed by atoms with E-state index in [0.717, 1.165) is 9.22 Å². The first kappa shape index (κ1) is 15.3. The molecule has 0 radical (unpaired) electrons. The molecule has 0 saturated heterocycles. The zero-order valence-electron chi connectivity index (χ0n) is 10.5. The summed E-state index contributed by atoms with van der Waals surface area (Å²) in [6.07, 6.45) is -0.0322. The molecule has 7 heteroatoms. The smallest absolute Gasteiger partial charge is 0.308 e. The third kappa shape index (κ3) is 3.94. The standard InChI is InChI=1S/C13H11ClFNO2S2/c1-7-11(5-12(17)18)20-13(16-7)19-6-8-4-9(14)2-3-10(8)15/h2-4H,5-6H2,1H3,(H,17,18). The molecular weight excluding hydrogens is 321 g/mol. The Morgan fingerprint density at radius 2 is 2.30 bits per heavy atom. The van der Waals surface area contributed by atoms with Crippen molar-refractivity contribution in [1.82, 2.24) is 4.98 Å². The van der Waals surface area contributed by atoms with Gasteiger partial charge in [-0.25, -0.2) is 9.37 Å². The minimum absolute atomic E-state index is 0.0322. The number of aryl methyl sites for hydroxylation is 1. The molecule has 1 aromatic heterocycles. The van der Waals surface area contributed by atoms with Gasteiger partial charge < -0.3 is 5.11 Å². The van der Waals surface area contributed by atoms with Crippen molar-refractivity contribution < 1.29 is 14.3 Å². The number of nitrogens with zero attached hydrogens (tertiary/aromatic N) is 1. The number of carboxylic acids is 1. The van der Waals surface area contributed by atoms with E-state index in [2.05, 4.69) is 4.98 Å². The first-order chi connectivity index (χ1) is 9.45. The molecule has 0 unspecified atom stereocenters. The van der Waals surface area contributed by atoms with Gasteiger partial charge in [-0.05, 0) is 30.7 Å². The maximum absolute atomic E-state index is 13.6. The van der Waals surface area contributed by atoms with Crippen LogP contribution in [0.15, 0.2) is 22.5 Å². The molecule has 2 aromatic rings. The summed E-state index contributed by atoms with van der Waals surface area (Å²) in [5.74, 6) is -0.776. The second-order valence-corrected chi connectivity index (χ2v) is 6.83. The number of benzene rings is 1. The predicted octanol–water partition coefficient (Wildman–Crippen LogP) is 4.16. The number of carbonyl (C=O) groups is 1. The topological polar surface area (TPSA) is 50.2 Å². The number of aliphatic carboxylic acids is 1. The van der Waals surface area contributed by atoms with Crippen LogP contribution < -0.4 is 0 Å². The summed E-state index contributed by atoms with van der Waals surface area (Å²) in [6, 6.07) is 4.42. The van der Waals surface area contributed by atoms with Gasteiger partial charge in [-0.1, -0.05) is 23.4 Å². The first-order valence-corrected chi connectivity index (χ1v) is 7.88. The van der Waals surface area contributed by atoms with Gasteiger partial charge in [-0.2, -0.15) is 0 Å². The molecule has 0 atom stereocenters. The molecule has 0 aliphatic rings. The van der Waals surface area contributed by atoms with Gasteiger partial charge in [0.1, 0.15) is 5.82 Å². The van der Waals surface area contributed by atoms with E-state index in [9.17, 15) is 9.18 Å². The maximum atomic E-state index is 13.6. The zero-order chi connectivity index (χ0) is 14.7. The lowest BCUT2D eigenvalue weighted by atomic mass is 10.2. The number of hydrogen-bond donors (Lipinski definition) is 1. The Morgan fingerprint density at radius 1 is 1.55 bits per heavy atom. The number of carboxylic acid groups (broad SMARTS) is 1. The average Bonchev–Trinajstić information content (AvgIpc) is 2.70. The third-order valence-electron chi connectivity index (χ3n) is 2.54. The fraction of sp³-hybridized carbons (Fsp3) is 0.231. The zero-order valence-corrected chi connectivity index (χ0v) is 12.9. The van der Waals surface area contributed by atoms with Crippen LogP contribution in [0.3, 0.4) is 0 Å². The molecule has 0 bridgehead atoms. The van der Waals surface area contributed by atoms with Crippen LogP contribution in [0.2, 0.25) is 5.02 Å². The second kappa shape index (κ2) is 6.56. The van der Waals surface area contributed by atoms with Crippen molar-refractivity contribution in [3.63, 3.8) is 0 Å². The summed E-state index contributed by atoms with van der Waals surface area (Å²) in [7, 11) is 0. The Hall–Kier alpha value is -1.11. The molecule has 1 heterocycles. The lowest BCUT2D eigenvalue weighted by Gasteiger charge is -2.01. The highest BCUT2D eigenvalue weighted by Crippen LogP contribution is 2.31. The van der Waals surface area contributed by atoms with Crippen LogP contribution in [-0.4, -0.2) is 16.1 Å². The Balaban J connectivity index is 2.07. The Labute approximate surface area is 128 Å². The third-order valence-corrected chi connectivity index (χ3v) is 5.13. The Kier molecular flexibility index (Phi) is 5.01. The van der Waals surface area contributed by atoms with Crippen LogP contribution in [0.25, 0.3) is 0 Å². The van der Waals surface area contributed by atoms with E-state index < -0.39 is 5.97 Å². The summed E-state index contributed by atoms with van der Waals surface area (Å²) >= 11 is 8.54. The molecule has 0 aliphatic carbocycles. The van der Waals surface area contributed by atoms with Crippen molar-refractivity contribution in [3.8, 4) is 0 Å². The Morgan fingerprint density at radius 3 is 3.00 bits per heavy atom. The molecule has 0 saturated carbocycles. The van der Waals surface area contributed by atoms with Crippen molar-refractivity contribution in [1.29, 1.82) is 0 Å². The van der Waals surface area contributed by atoms with Crippen LogP contribution in [0.1, 0.15) is 16.1 Å². The van der Waals surface area contributed by atoms with Crippen LogP contribution in [0, 0.1) is 12.7 Å². The highest BCUT2D eigenvalue weighted by Gasteiger charge is 2.12. The van der Waals surface area contributed by atoms with Gasteiger partial charge in [0.25, 0.3) is 0 Å². The van der Waals surface area contributed by atoms with Crippen molar-refractivity contribution in [2.24, 2.45) is 0 Å². The molecule has 0 aliphatic heterocycles. The highest BCUT2D eigenvalue weighted by molar-refractivity contribution is 8.00. The largest absolute Gasteiger partial charge is 0.481 e. The molecule has 20 heavy (non-hydrogen) atoms. The summed E-state index contributed by atoms with van der Waals surface area (Å²) < 4.78 is 14.3. The first-order valence-electron chi connectivity index (χ1n) is 5.70. The van der Waals surface area contributed by atoms with Gasteiger partial charge in [0.2, 0.25) is 0 Å². The molecular formula is C13H11ClFNO2S2. The molecule has 0 fully saturated rings. The maximum Gasteiger partial charge on any atom is 0.308 e. The lowest BCUT2D eigenvalue weighted by Crippen LogP contribution is -1.99. The molecule has 2 rings (SSSR count). The predicted molar refractivity (Wildman–Crippen MR) is 79.2 cm³/mol. The highest BCUT2D eigenvalue weighted by atomic mass is 35.5. The average molecular weight is 332 g/mol. The van der Waals surface area contributed by atoms with E-state index in [1.165, 1.54) is 35.2 Å². The number of rotatable bonds is 5. The van der Waals surface area contributed by atoms with Gasteiger partial charge in [0.05, 0.1) is 12.1 Å². The van der Waals surface area contributed by atoms with Crippen LogP contribution in [0.4, 0.5) is 4.39 Å². The minimum atomic E-state index is -0.880. The van der Waals surface area contributed by atoms with E-state index >= 15 is 0 Å². The monoisotopic (exact) mass is 331 g/mol. The van der Waals surface area contributed by atoms with Crippen LogP contribution in [-0.2, 0) is 17.0 Å². The molecule has 0 spiro atoms. The van der Waals surface area contributed by atoms with E-state index in [1.807, 2.05) is 0 Å². The number of halogens is 2. The van der Waals surface area contributed by atoms with E-state index in [-0.39, 0.29) is 12.2 Å². The van der Waals surface area contributed by atoms with E-state index in [0.29, 0.717) is 22.0 Å². The quantitative estimate of drug-likeness (QED) is 0.836. The Bertz CT molecular complexity index is 645. The molecule has 0 amide bonds. The summed E-state index contributed by atoms with van der Waals surface area (Å²) in [4.78, 5) is 15.7. The summed E-state index contributed by atoms with van der Waals surface area (Å²) in [5, 5.41) is 9.27. The van der Waals surface area contributed by atoms with E-state index in [1.54, 1.807) is 13.0 Å². The number of thioether (sulfide) groups is 1.